The average molecular weight is 345 g/mol. The molecule has 2 fully saturated rings. The first kappa shape index (κ1) is 17.2. The Labute approximate surface area is 137 Å². The van der Waals surface area contributed by atoms with Crippen molar-refractivity contribution in [2.45, 2.75) is 50.4 Å². The zero-order chi connectivity index (χ0) is 17.4. The Morgan fingerprint density at radius 1 is 1.21 bits per heavy atom. The van der Waals surface area contributed by atoms with Crippen LogP contribution in [0.2, 0.25) is 0 Å². The van der Waals surface area contributed by atoms with Crippen molar-refractivity contribution in [3.63, 3.8) is 0 Å². The van der Waals surface area contributed by atoms with Crippen LogP contribution in [0.5, 0.6) is 0 Å². The molecule has 1 atom stereocenters. The molecule has 3 nitrogen and oxygen atoms in total. The molecule has 1 aromatic carbocycles. The van der Waals surface area contributed by atoms with Crippen molar-refractivity contribution in [3.8, 4) is 0 Å². The molecule has 2 heterocycles. The van der Waals surface area contributed by atoms with Crippen LogP contribution in [0.25, 0.3) is 0 Å². The standard InChI is InChI=1S/C17H19F4NO2/c18-13-4-1-3-12(15(13)17(19,20)21)11-22-9-8-16(6-2-10-24-16)7-5-14(22)23/h1,3-4H,2,5-11H2. The molecule has 2 saturated heterocycles. The van der Waals surface area contributed by atoms with Crippen LogP contribution >= 0.6 is 0 Å². The molecule has 0 bridgehead atoms. The number of amides is 1. The van der Waals surface area contributed by atoms with Crippen LogP contribution in [-0.2, 0) is 22.3 Å². The van der Waals surface area contributed by atoms with E-state index in [1.165, 1.54) is 17.0 Å². The van der Waals surface area contributed by atoms with Crippen LogP contribution in [0.15, 0.2) is 18.2 Å². The van der Waals surface area contributed by atoms with E-state index in [0.29, 0.717) is 26.0 Å². The smallest absolute Gasteiger partial charge is 0.375 e. The van der Waals surface area contributed by atoms with Crippen molar-refractivity contribution in [3.05, 3.63) is 35.1 Å². The van der Waals surface area contributed by atoms with Gasteiger partial charge in [0, 0.05) is 26.1 Å². The Hall–Kier alpha value is -1.63. The monoisotopic (exact) mass is 345 g/mol. The minimum absolute atomic E-state index is 0.209. The zero-order valence-corrected chi connectivity index (χ0v) is 13.2. The summed E-state index contributed by atoms with van der Waals surface area (Å²) in [6.45, 7) is 0.754. The van der Waals surface area contributed by atoms with Crippen LogP contribution in [0.4, 0.5) is 17.6 Å². The second kappa shape index (κ2) is 6.35. The summed E-state index contributed by atoms with van der Waals surface area (Å²) in [4.78, 5) is 13.7. The lowest BCUT2D eigenvalue weighted by atomic mass is 9.92. The van der Waals surface area contributed by atoms with Crippen LogP contribution < -0.4 is 0 Å². The second-order valence-corrected chi connectivity index (χ2v) is 6.47. The number of carbonyl (C=O) groups excluding carboxylic acids is 1. The number of likely N-dealkylation sites (tertiary alicyclic amines) is 1. The summed E-state index contributed by atoms with van der Waals surface area (Å²) >= 11 is 0. The third-order valence-electron chi connectivity index (χ3n) is 4.91. The highest BCUT2D eigenvalue weighted by atomic mass is 19.4. The average Bonchev–Trinajstić information content (AvgIpc) is 2.91. The maximum absolute atomic E-state index is 13.7. The Morgan fingerprint density at radius 2 is 2.00 bits per heavy atom. The Balaban J connectivity index is 1.81. The molecule has 0 aliphatic carbocycles. The molecular formula is C17H19F4NO2. The van der Waals surface area contributed by atoms with Gasteiger partial charge in [0.2, 0.25) is 5.91 Å². The molecule has 0 N–H and O–H groups in total. The molecule has 3 rings (SSSR count). The molecule has 1 spiro atoms. The lowest BCUT2D eigenvalue weighted by molar-refractivity contribution is -0.142. The summed E-state index contributed by atoms with van der Waals surface area (Å²) in [6, 6.07) is 3.26. The van der Waals surface area contributed by atoms with Crippen LogP contribution in [-0.4, -0.2) is 29.6 Å². The zero-order valence-electron chi connectivity index (χ0n) is 13.2. The van der Waals surface area contributed by atoms with E-state index in [2.05, 4.69) is 0 Å². The molecule has 132 valence electrons. The van der Waals surface area contributed by atoms with E-state index in [4.69, 9.17) is 4.74 Å². The summed E-state index contributed by atoms with van der Waals surface area (Å²) in [5, 5.41) is 0. The highest BCUT2D eigenvalue weighted by Crippen LogP contribution is 2.38. The van der Waals surface area contributed by atoms with Crippen molar-refractivity contribution < 1.29 is 27.1 Å². The summed E-state index contributed by atoms with van der Waals surface area (Å²) < 4.78 is 58.8. The fourth-order valence-electron chi connectivity index (χ4n) is 3.62. The van der Waals surface area contributed by atoms with Crippen LogP contribution in [0.3, 0.4) is 0 Å². The van der Waals surface area contributed by atoms with E-state index in [1.54, 1.807) is 0 Å². The summed E-state index contributed by atoms with van der Waals surface area (Å²) in [5.74, 6) is -1.52. The van der Waals surface area contributed by atoms with Crippen LogP contribution in [0.1, 0.15) is 43.2 Å². The fraction of sp³-hybridized carbons (Fsp3) is 0.588. The van der Waals surface area contributed by atoms with Gasteiger partial charge in [0.15, 0.2) is 0 Å². The lowest BCUT2D eigenvalue weighted by Crippen LogP contribution is -2.32. The highest BCUT2D eigenvalue weighted by molar-refractivity contribution is 5.76. The van der Waals surface area contributed by atoms with E-state index in [9.17, 15) is 22.4 Å². The number of ether oxygens (including phenoxy) is 1. The number of hydrogen-bond donors (Lipinski definition) is 0. The number of rotatable bonds is 2. The van der Waals surface area contributed by atoms with Gasteiger partial charge in [-0.25, -0.2) is 4.39 Å². The largest absolute Gasteiger partial charge is 0.419 e. The summed E-state index contributed by atoms with van der Waals surface area (Å²) in [6.07, 6.45) is -1.52. The van der Waals surface area contributed by atoms with Gasteiger partial charge in [-0.1, -0.05) is 12.1 Å². The molecule has 1 amide bonds. The van der Waals surface area contributed by atoms with Gasteiger partial charge in [-0.05, 0) is 37.3 Å². The lowest BCUT2D eigenvalue weighted by Gasteiger charge is -2.27. The van der Waals surface area contributed by atoms with E-state index in [1.807, 2.05) is 0 Å². The number of carbonyl (C=O) groups is 1. The third kappa shape index (κ3) is 3.41. The predicted octanol–water partition coefficient (Wildman–Crippen LogP) is 3.91. The highest BCUT2D eigenvalue weighted by Gasteiger charge is 2.40. The number of hydrogen-bond acceptors (Lipinski definition) is 2. The first-order valence-electron chi connectivity index (χ1n) is 8.07. The first-order valence-corrected chi connectivity index (χ1v) is 8.07. The summed E-state index contributed by atoms with van der Waals surface area (Å²) in [5.41, 5.74) is -1.81. The van der Waals surface area contributed by atoms with Gasteiger partial charge in [-0.15, -0.1) is 0 Å². The molecule has 2 aliphatic heterocycles. The van der Waals surface area contributed by atoms with E-state index >= 15 is 0 Å². The van der Waals surface area contributed by atoms with Crippen molar-refractivity contribution in [2.75, 3.05) is 13.2 Å². The molecule has 1 unspecified atom stereocenters. The Morgan fingerprint density at radius 3 is 2.67 bits per heavy atom. The number of nitrogens with zero attached hydrogens (tertiary/aromatic N) is 1. The van der Waals surface area contributed by atoms with Gasteiger partial charge in [0.05, 0.1) is 11.2 Å². The summed E-state index contributed by atoms with van der Waals surface area (Å²) in [7, 11) is 0. The van der Waals surface area contributed by atoms with Gasteiger partial charge in [-0.2, -0.15) is 13.2 Å². The van der Waals surface area contributed by atoms with Crippen molar-refractivity contribution in [2.24, 2.45) is 0 Å². The molecular weight excluding hydrogens is 326 g/mol. The van der Waals surface area contributed by atoms with Crippen molar-refractivity contribution in [1.29, 1.82) is 0 Å². The Bertz CT molecular complexity index is 624. The molecule has 0 radical (unpaired) electrons. The molecule has 0 aromatic heterocycles. The third-order valence-corrected chi connectivity index (χ3v) is 4.91. The SMILES string of the molecule is O=C1CCC2(CCCO2)CCN1Cc1cccc(F)c1C(F)(F)F. The van der Waals surface area contributed by atoms with Gasteiger partial charge in [-0.3, -0.25) is 4.79 Å². The van der Waals surface area contributed by atoms with Crippen molar-refractivity contribution in [1.82, 2.24) is 4.90 Å². The molecule has 1 aromatic rings. The number of benzene rings is 1. The molecule has 7 heteroatoms. The minimum atomic E-state index is -4.79. The number of alkyl halides is 3. The molecule has 2 aliphatic rings. The molecule has 0 saturated carbocycles. The van der Waals surface area contributed by atoms with E-state index < -0.39 is 17.6 Å². The fourth-order valence-corrected chi connectivity index (χ4v) is 3.62. The second-order valence-electron chi connectivity index (χ2n) is 6.47. The van der Waals surface area contributed by atoms with Crippen LogP contribution in [0, 0.1) is 5.82 Å². The first-order chi connectivity index (χ1) is 11.3. The van der Waals surface area contributed by atoms with Gasteiger partial charge in [0.25, 0.3) is 0 Å². The normalized spacial score (nSPS) is 25.3. The van der Waals surface area contributed by atoms with Crippen molar-refractivity contribution >= 4 is 5.91 Å². The van der Waals surface area contributed by atoms with E-state index in [-0.39, 0.29) is 30.0 Å². The van der Waals surface area contributed by atoms with E-state index in [0.717, 1.165) is 18.9 Å². The Kier molecular flexibility index (Phi) is 4.55. The predicted molar refractivity (Wildman–Crippen MR) is 78.6 cm³/mol. The van der Waals surface area contributed by atoms with Gasteiger partial charge in [0.1, 0.15) is 5.82 Å². The minimum Gasteiger partial charge on any atom is -0.375 e. The van der Waals surface area contributed by atoms with Gasteiger partial charge >= 0.3 is 6.18 Å². The number of halogens is 4. The quantitative estimate of drug-likeness (QED) is 0.761. The maximum Gasteiger partial charge on any atom is 0.419 e. The maximum atomic E-state index is 13.7. The topological polar surface area (TPSA) is 29.5 Å². The molecule has 24 heavy (non-hydrogen) atoms. The van der Waals surface area contributed by atoms with Gasteiger partial charge < -0.3 is 9.64 Å².